The molecule has 0 radical (unpaired) electrons. The molecular formula is C12H21NO3. The Hall–Kier alpha value is -1.06. The maximum absolute atomic E-state index is 12.0. The van der Waals surface area contributed by atoms with Crippen molar-refractivity contribution in [2.45, 2.75) is 58.4 Å². The van der Waals surface area contributed by atoms with Crippen molar-refractivity contribution < 1.29 is 14.7 Å². The summed E-state index contributed by atoms with van der Waals surface area (Å²) in [5.41, 5.74) is -0.346. The van der Waals surface area contributed by atoms with Crippen molar-refractivity contribution in [1.82, 2.24) is 5.32 Å². The van der Waals surface area contributed by atoms with Crippen molar-refractivity contribution in [3.8, 4) is 0 Å². The van der Waals surface area contributed by atoms with Crippen molar-refractivity contribution in [2.24, 2.45) is 5.41 Å². The molecule has 1 rings (SSSR count). The number of hydrogen-bond donors (Lipinski definition) is 2. The molecule has 0 aromatic heterocycles. The minimum absolute atomic E-state index is 0.0918. The molecular weight excluding hydrogens is 206 g/mol. The normalized spacial score (nSPS) is 20.4. The molecule has 0 heterocycles. The van der Waals surface area contributed by atoms with Gasteiger partial charge in [0, 0.05) is 5.41 Å². The Morgan fingerprint density at radius 3 is 2.38 bits per heavy atom. The lowest BCUT2D eigenvalue weighted by Crippen LogP contribution is -2.46. The fourth-order valence-electron chi connectivity index (χ4n) is 2.26. The number of aliphatic carboxylic acids is 1. The van der Waals surface area contributed by atoms with Crippen LogP contribution in [0.1, 0.15) is 52.4 Å². The van der Waals surface area contributed by atoms with Gasteiger partial charge >= 0.3 is 5.97 Å². The lowest BCUT2D eigenvalue weighted by Gasteiger charge is -2.24. The van der Waals surface area contributed by atoms with Crippen LogP contribution in [0.5, 0.6) is 0 Å². The Balaban J connectivity index is 2.57. The van der Waals surface area contributed by atoms with Crippen molar-refractivity contribution in [2.75, 3.05) is 0 Å². The fraction of sp³-hybridized carbons (Fsp3) is 0.833. The van der Waals surface area contributed by atoms with E-state index in [-0.39, 0.29) is 11.3 Å². The van der Waals surface area contributed by atoms with Gasteiger partial charge in [-0.25, -0.2) is 4.79 Å². The van der Waals surface area contributed by atoms with Crippen LogP contribution in [0.2, 0.25) is 0 Å². The number of hydrogen-bond acceptors (Lipinski definition) is 2. The highest BCUT2D eigenvalue weighted by Crippen LogP contribution is 2.37. The Bertz CT molecular complexity index is 269. The quantitative estimate of drug-likeness (QED) is 0.754. The molecule has 1 saturated carbocycles. The maximum Gasteiger partial charge on any atom is 0.326 e. The standard InChI is InChI=1S/C12H21NO3/c1-3-6-9(10(14)15)13-11(16)12(2)7-4-5-8-12/h9H,3-8H2,1-2H3,(H,13,16)(H,14,15). The van der Waals surface area contributed by atoms with Gasteiger partial charge in [-0.15, -0.1) is 0 Å². The smallest absolute Gasteiger partial charge is 0.326 e. The highest BCUT2D eigenvalue weighted by atomic mass is 16.4. The third-order valence-corrected chi connectivity index (χ3v) is 3.44. The largest absolute Gasteiger partial charge is 0.480 e. The molecule has 0 spiro atoms. The first-order valence-electron chi connectivity index (χ1n) is 6.03. The van der Waals surface area contributed by atoms with Crippen molar-refractivity contribution in [3.05, 3.63) is 0 Å². The molecule has 1 amide bonds. The lowest BCUT2D eigenvalue weighted by atomic mass is 9.87. The first-order valence-corrected chi connectivity index (χ1v) is 6.03. The minimum atomic E-state index is -0.934. The first kappa shape index (κ1) is 13.0. The highest BCUT2D eigenvalue weighted by molar-refractivity contribution is 5.87. The number of nitrogens with one attached hydrogen (secondary N) is 1. The third kappa shape index (κ3) is 2.97. The predicted molar refractivity (Wildman–Crippen MR) is 61.0 cm³/mol. The number of carbonyl (C=O) groups is 2. The van der Waals surface area contributed by atoms with Gasteiger partial charge in [-0.3, -0.25) is 4.79 Å². The SMILES string of the molecule is CCCC(NC(=O)C1(C)CCCC1)C(=O)O. The van der Waals surface area contributed by atoms with E-state index in [4.69, 9.17) is 5.11 Å². The summed E-state index contributed by atoms with van der Waals surface area (Å²) < 4.78 is 0. The molecule has 0 aliphatic heterocycles. The van der Waals surface area contributed by atoms with Gasteiger partial charge in [0.1, 0.15) is 6.04 Å². The van der Waals surface area contributed by atoms with E-state index in [1.807, 2.05) is 13.8 Å². The molecule has 1 aliphatic carbocycles. The molecule has 0 aromatic rings. The van der Waals surface area contributed by atoms with E-state index < -0.39 is 12.0 Å². The average molecular weight is 227 g/mol. The second-order valence-electron chi connectivity index (χ2n) is 4.92. The first-order chi connectivity index (χ1) is 7.49. The van der Waals surface area contributed by atoms with E-state index in [2.05, 4.69) is 5.32 Å². The fourth-order valence-corrected chi connectivity index (χ4v) is 2.26. The van der Waals surface area contributed by atoms with E-state index in [0.29, 0.717) is 6.42 Å². The summed E-state index contributed by atoms with van der Waals surface area (Å²) in [6.45, 7) is 3.85. The number of carbonyl (C=O) groups excluding carboxylic acids is 1. The monoisotopic (exact) mass is 227 g/mol. The highest BCUT2D eigenvalue weighted by Gasteiger charge is 2.37. The molecule has 4 heteroatoms. The lowest BCUT2D eigenvalue weighted by molar-refractivity contribution is -0.143. The van der Waals surface area contributed by atoms with Crippen LogP contribution in [0.3, 0.4) is 0 Å². The number of rotatable bonds is 5. The molecule has 16 heavy (non-hydrogen) atoms. The van der Waals surface area contributed by atoms with Gasteiger partial charge in [-0.2, -0.15) is 0 Å². The van der Waals surface area contributed by atoms with Crippen LogP contribution >= 0.6 is 0 Å². The van der Waals surface area contributed by atoms with Gasteiger partial charge in [-0.1, -0.05) is 33.1 Å². The van der Waals surface area contributed by atoms with Crippen LogP contribution in [-0.2, 0) is 9.59 Å². The predicted octanol–water partition coefficient (Wildman–Crippen LogP) is 1.94. The maximum atomic E-state index is 12.0. The van der Waals surface area contributed by atoms with Crippen molar-refractivity contribution in [1.29, 1.82) is 0 Å². The summed E-state index contributed by atoms with van der Waals surface area (Å²) in [7, 11) is 0. The topological polar surface area (TPSA) is 66.4 Å². The van der Waals surface area contributed by atoms with Gasteiger partial charge < -0.3 is 10.4 Å². The summed E-state index contributed by atoms with van der Waals surface area (Å²) >= 11 is 0. The van der Waals surface area contributed by atoms with E-state index in [1.54, 1.807) is 0 Å². The summed E-state index contributed by atoms with van der Waals surface area (Å²) in [5, 5.41) is 11.6. The van der Waals surface area contributed by atoms with Crippen LogP contribution in [0, 0.1) is 5.41 Å². The molecule has 0 saturated heterocycles. The third-order valence-electron chi connectivity index (χ3n) is 3.44. The molecule has 92 valence electrons. The summed E-state index contributed by atoms with van der Waals surface area (Å²) in [5.74, 6) is -1.03. The average Bonchev–Trinajstić information content (AvgIpc) is 2.65. The summed E-state index contributed by atoms with van der Waals surface area (Å²) in [6.07, 6.45) is 5.13. The van der Waals surface area contributed by atoms with Crippen molar-refractivity contribution in [3.63, 3.8) is 0 Å². The zero-order valence-electron chi connectivity index (χ0n) is 10.1. The van der Waals surface area contributed by atoms with E-state index in [0.717, 1.165) is 32.1 Å². The number of amides is 1. The Morgan fingerprint density at radius 2 is 1.94 bits per heavy atom. The molecule has 0 bridgehead atoms. The second-order valence-corrected chi connectivity index (χ2v) is 4.92. The zero-order chi connectivity index (χ0) is 12.2. The molecule has 1 fully saturated rings. The van der Waals surface area contributed by atoms with Crippen LogP contribution in [0.15, 0.2) is 0 Å². The van der Waals surface area contributed by atoms with E-state index >= 15 is 0 Å². The summed E-state index contributed by atoms with van der Waals surface area (Å²) in [6, 6.07) is -0.727. The van der Waals surface area contributed by atoms with Crippen LogP contribution in [-0.4, -0.2) is 23.0 Å². The van der Waals surface area contributed by atoms with Crippen LogP contribution < -0.4 is 5.32 Å². The van der Waals surface area contributed by atoms with Gasteiger partial charge in [0.15, 0.2) is 0 Å². The van der Waals surface area contributed by atoms with Gasteiger partial charge in [0.05, 0.1) is 0 Å². The molecule has 1 aliphatic rings. The Kier molecular flexibility index (Phi) is 4.33. The Labute approximate surface area is 96.4 Å². The molecule has 2 N–H and O–H groups in total. The zero-order valence-corrected chi connectivity index (χ0v) is 10.1. The molecule has 4 nitrogen and oxygen atoms in total. The van der Waals surface area contributed by atoms with Gasteiger partial charge in [-0.05, 0) is 19.3 Å². The molecule has 0 aromatic carbocycles. The molecule has 1 atom stereocenters. The van der Waals surface area contributed by atoms with E-state index in [1.165, 1.54) is 0 Å². The number of carboxylic acids is 1. The van der Waals surface area contributed by atoms with E-state index in [9.17, 15) is 9.59 Å². The second kappa shape index (κ2) is 5.32. The van der Waals surface area contributed by atoms with Crippen molar-refractivity contribution >= 4 is 11.9 Å². The summed E-state index contributed by atoms with van der Waals surface area (Å²) in [4.78, 5) is 22.9. The molecule has 1 unspecified atom stereocenters. The van der Waals surface area contributed by atoms with Gasteiger partial charge in [0.25, 0.3) is 0 Å². The van der Waals surface area contributed by atoms with Crippen LogP contribution in [0.25, 0.3) is 0 Å². The Morgan fingerprint density at radius 1 is 1.38 bits per heavy atom. The minimum Gasteiger partial charge on any atom is -0.480 e. The van der Waals surface area contributed by atoms with Crippen LogP contribution in [0.4, 0.5) is 0 Å². The van der Waals surface area contributed by atoms with Gasteiger partial charge in [0.2, 0.25) is 5.91 Å². The number of carboxylic acid groups (broad SMARTS) is 1.